The van der Waals surface area contributed by atoms with E-state index in [2.05, 4.69) is 24.4 Å². The number of esters is 3. The molecule has 0 saturated carbocycles. The van der Waals surface area contributed by atoms with Crippen molar-refractivity contribution in [2.75, 3.05) is 20.8 Å². The molecule has 0 aliphatic carbocycles. The Bertz CT molecular complexity index is 1740. The highest BCUT2D eigenvalue weighted by molar-refractivity contribution is 7.89. The molecule has 1 aromatic carbocycles. The number of sulfonamides is 1. The molecule has 0 radical (unpaired) electrons. The monoisotopic (exact) mass is 624 g/mol. The largest absolute Gasteiger partial charge is 0.504 e. The fraction of sp³-hybridized carbons (Fsp3) is 0.267. The van der Waals surface area contributed by atoms with Gasteiger partial charge in [-0.1, -0.05) is 23.8 Å². The van der Waals surface area contributed by atoms with Gasteiger partial charge in [0, 0.05) is 36.1 Å². The third kappa shape index (κ3) is 8.33. The molecule has 13 nitrogen and oxygen atoms in total. The average Bonchev–Trinajstić information content (AvgIpc) is 3.01. The standard InChI is InChI=1S/C20H24N2O6S.C10H8N2O3/c1-14(2)28-20(24)19-16(6-5-11-21-19)12-22(13-18(23)27-4)29(25,26)17-9-7-15(3)8-10-17;1-15-10(14)8-9(13)7-6(5-12-8)3-2-4-11-7/h5-11,14H,12-13H2,1-4H3;2-5,13H,1H3. The number of aromatic nitrogens is 3. The van der Waals surface area contributed by atoms with Crippen molar-refractivity contribution < 1.29 is 42.1 Å². The van der Waals surface area contributed by atoms with Gasteiger partial charge < -0.3 is 19.3 Å². The van der Waals surface area contributed by atoms with Gasteiger partial charge in [-0.05, 0) is 51.1 Å². The molecule has 4 aromatic rings. The second kappa shape index (κ2) is 15.0. The van der Waals surface area contributed by atoms with Crippen LogP contribution >= 0.6 is 0 Å². The van der Waals surface area contributed by atoms with E-state index in [1.807, 2.05) is 6.92 Å². The second-order valence-electron chi connectivity index (χ2n) is 9.52. The normalized spacial score (nSPS) is 11.1. The number of ether oxygens (including phenoxy) is 3. The zero-order valence-corrected chi connectivity index (χ0v) is 25.6. The van der Waals surface area contributed by atoms with Crippen LogP contribution in [0.2, 0.25) is 0 Å². The number of nitrogens with zero attached hydrogens (tertiary/aromatic N) is 4. The number of carbonyl (C=O) groups excluding carboxylic acids is 3. The maximum atomic E-state index is 13.1. The molecule has 0 saturated heterocycles. The van der Waals surface area contributed by atoms with Crippen molar-refractivity contribution >= 4 is 38.8 Å². The summed E-state index contributed by atoms with van der Waals surface area (Å²) in [6, 6.07) is 12.9. The molecule has 0 unspecified atom stereocenters. The lowest BCUT2D eigenvalue weighted by Gasteiger charge is -2.22. The summed E-state index contributed by atoms with van der Waals surface area (Å²) in [6.45, 7) is 4.48. The Morgan fingerprint density at radius 1 is 0.886 bits per heavy atom. The van der Waals surface area contributed by atoms with E-state index in [9.17, 15) is 27.9 Å². The van der Waals surface area contributed by atoms with E-state index >= 15 is 0 Å². The predicted molar refractivity (Wildman–Crippen MR) is 158 cm³/mol. The maximum Gasteiger partial charge on any atom is 0.360 e. The summed E-state index contributed by atoms with van der Waals surface area (Å²) < 4.78 is 41.5. The molecule has 0 spiro atoms. The Balaban J connectivity index is 0.000000293. The van der Waals surface area contributed by atoms with Crippen molar-refractivity contribution in [3.05, 3.63) is 89.6 Å². The van der Waals surface area contributed by atoms with Gasteiger partial charge in [0.2, 0.25) is 10.0 Å². The average molecular weight is 625 g/mol. The van der Waals surface area contributed by atoms with Gasteiger partial charge in [-0.3, -0.25) is 9.78 Å². The van der Waals surface area contributed by atoms with E-state index in [1.165, 1.54) is 44.9 Å². The Morgan fingerprint density at radius 2 is 1.55 bits per heavy atom. The first kappa shape index (κ1) is 33.6. The van der Waals surface area contributed by atoms with Crippen molar-refractivity contribution in [2.24, 2.45) is 0 Å². The van der Waals surface area contributed by atoms with Gasteiger partial charge in [0.05, 0.1) is 25.2 Å². The number of fused-ring (bicyclic) bond motifs is 1. The molecule has 1 N–H and O–H groups in total. The summed E-state index contributed by atoms with van der Waals surface area (Å²) in [6.07, 6.45) is 4.05. The van der Waals surface area contributed by atoms with Crippen molar-refractivity contribution in [1.29, 1.82) is 0 Å². The van der Waals surface area contributed by atoms with Crippen molar-refractivity contribution in [3.8, 4) is 5.75 Å². The molecule has 0 aliphatic heterocycles. The molecule has 232 valence electrons. The minimum absolute atomic E-state index is 0.00447. The van der Waals surface area contributed by atoms with Crippen molar-refractivity contribution in [3.63, 3.8) is 0 Å². The zero-order chi connectivity index (χ0) is 32.4. The quantitative estimate of drug-likeness (QED) is 0.212. The van der Waals surface area contributed by atoms with Crippen LogP contribution in [0.25, 0.3) is 10.9 Å². The summed E-state index contributed by atoms with van der Waals surface area (Å²) in [7, 11) is -1.63. The summed E-state index contributed by atoms with van der Waals surface area (Å²) >= 11 is 0. The Labute approximate surface area is 254 Å². The van der Waals surface area contributed by atoms with Crippen LogP contribution in [0.15, 0.2) is 72.0 Å². The fourth-order valence-electron chi connectivity index (χ4n) is 3.78. The topological polar surface area (TPSA) is 175 Å². The third-order valence-corrected chi connectivity index (χ3v) is 7.77. The second-order valence-corrected chi connectivity index (χ2v) is 11.5. The lowest BCUT2D eigenvalue weighted by molar-refractivity contribution is -0.140. The van der Waals surface area contributed by atoms with Gasteiger partial charge in [-0.25, -0.2) is 28.0 Å². The maximum absolute atomic E-state index is 13.1. The fourth-order valence-corrected chi connectivity index (χ4v) is 5.14. The first-order valence-electron chi connectivity index (χ1n) is 13.2. The smallest absolute Gasteiger partial charge is 0.360 e. The van der Waals surface area contributed by atoms with Gasteiger partial charge in [0.25, 0.3) is 0 Å². The number of carbonyl (C=O) groups is 3. The van der Waals surface area contributed by atoms with Gasteiger partial charge in [0.15, 0.2) is 17.1 Å². The third-order valence-electron chi connectivity index (χ3n) is 5.96. The molecule has 4 rings (SSSR count). The van der Waals surface area contributed by atoms with E-state index in [0.717, 1.165) is 9.87 Å². The van der Waals surface area contributed by atoms with E-state index in [1.54, 1.807) is 50.2 Å². The lowest BCUT2D eigenvalue weighted by Crippen LogP contribution is -2.36. The van der Waals surface area contributed by atoms with Gasteiger partial charge in [0.1, 0.15) is 12.1 Å². The molecule has 44 heavy (non-hydrogen) atoms. The highest BCUT2D eigenvalue weighted by Crippen LogP contribution is 2.25. The number of rotatable bonds is 9. The minimum atomic E-state index is -4.03. The lowest BCUT2D eigenvalue weighted by atomic mass is 10.2. The molecule has 0 atom stereocenters. The Hall–Kier alpha value is -4.95. The number of benzene rings is 1. The molecule has 3 heterocycles. The number of hydrogen-bond donors (Lipinski definition) is 1. The highest BCUT2D eigenvalue weighted by Gasteiger charge is 2.29. The summed E-state index contributed by atoms with van der Waals surface area (Å²) in [5.74, 6) is -2.32. The van der Waals surface area contributed by atoms with Crippen LogP contribution < -0.4 is 0 Å². The zero-order valence-electron chi connectivity index (χ0n) is 24.8. The first-order chi connectivity index (χ1) is 20.9. The molecule has 0 fully saturated rings. The molecule has 14 heteroatoms. The van der Waals surface area contributed by atoms with Crippen molar-refractivity contribution in [1.82, 2.24) is 19.3 Å². The van der Waals surface area contributed by atoms with Crippen LogP contribution in [0.5, 0.6) is 5.75 Å². The van der Waals surface area contributed by atoms with Crippen molar-refractivity contribution in [2.45, 2.75) is 38.3 Å². The van der Waals surface area contributed by atoms with E-state index in [4.69, 9.17) is 4.74 Å². The SMILES string of the molecule is COC(=O)CN(Cc1cccnc1C(=O)OC(C)C)S(=O)(=O)c1ccc(C)cc1.COC(=O)c1ncc2cccnc2c1O. The number of hydrogen-bond acceptors (Lipinski definition) is 12. The van der Waals surface area contributed by atoms with Crippen LogP contribution in [0.4, 0.5) is 0 Å². The molecule has 3 aromatic heterocycles. The number of methoxy groups -OCH3 is 2. The molecular weight excluding hydrogens is 592 g/mol. The van der Waals surface area contributed by atoms with Crippen LogP contribution in [0.1, 0.15) is 46.0 Å². The van der Waals surface area contributed by atoms with E-state index in [0.29, 0.717) is 16.5 Å². The Morgan fingerprint density at radius 3 is 2.18 bits per heavy atom. The van der Waals surface area contributed by atoms with Gasteiger partial charge in [-0.15, -0.1) is 0 Å². The summed E-state index contributed by atoms with van der Waals surface area (Å²) in [5, 5.41) is 10.4. The number of aromatic hydroxyl groups is 1. The van der Waals surface area contributed by atoms with E-state index in [-0.39, 0.29) is 34.7 Å². The van der Waals surface area contributed by atoms with Gasteiger partial charge in [-0.2, -0.15) is 4.31 Å². The van der Waals surface area contributed by atoms with Crippen LogP contribution in [0.3, 0.4) is 0 Å². The number of aryl methyl sites for hydroxylation is 1. The predicted octanol–water partition coefficient (Wildman–Crippen LogP) is 3.44. The number of pyridine rings is 3. The summed E-state index contributed by atoms with van der Waals surface area (Å²) in [4.78, 5) is 47.3. The molecule has 0 aliphatic rings. The first-order valence-corrected chi connectivity index (χ1v) is 14.6. The van der Waals surface area contributed by atoms with Crippen LogP contribution in [-0.4, -0.2) is 77.6 Å². The molecular formula is C30H32N4O9S. The molecule has 0 amide bonds. The van der Waals surface area contributed by atoms with E-state index < -0.39 is 34.5 Å². The summed E-state index contributed by atoms with van der Waals surface area (Å²) in [5.41, 5.74) is 1.43. The van der Waals surface area contributed by atoms with Gasteiger partial charge >= 0.3 is 17.9 Å². The van der Waals surface area contributed by atoms with Crippen LogP contribution in [-0.2, 0) is 35.6 Å². The highest BCUT2D eigenvalue weighted by atomic mass is 32.2. The minimum Gasteiger partial charge on any atom is -0.504 e. The molecule has 0 bridgehead atoms. The Kier molecular flexibility index (Phi) is 11.4. The van der Waals surface area contributed by atoms with Crippen LogP contribution in [0, 0.1) is 6.92 Å².